The van der Waals surface area contributed by atoms with Crippen molar-refractivity contribution in [3.05, 3.63) is 0 Å². The van der Waals surface area contributed by atoms with Crippen LogP contribution in [0.2, 0.25) is 0 Å². The number of hydrogen-bond acceptors (Lipinski definition) is 3. The Balaban J connectivity index is 4.86. The number of carboxylic acid groups (broad SMARTS) is 1. The average molecular weight is 273 g/mol. The van der Waals surface area contributed by atoms with Crippen LogP contribution in [0.4, 0.5) is 4.79 Å². The Labute approximate surface area is 115 Å². The minimum Gasteiger partial charge on any atom is -0.481 e. The van der Waals surface area contributed by atoms with Crippen LogP contribution in [0.3, 0.4) is 0 Å². The predicted octanol–water partition coefficient (Wildman–Crippen LogP) is 3.18. The van der Waals surface area contributed by atoms with Crippen LogP contribution in [0, 0.1) is 5.41 Å². The Morgan fingerprint density at radius 3 is 1.84 bits per heavy atom. The summed E-state index contributed by atoms with van der Waals surface area (Å²) >= 11 is 0. The highest BCUT2D eigenvalue weighted by Gasteiger charge is 2.35. The fourth-order valence-corrected chi connectivity index (χ4v) is 2.21. The Hall–Kier alpha value is -1.26. The van der Waals surface area contributed by atoms with E-state index in [9.17, 15) is 9.59 Å². The molecule has 0 aromatic heterocycles. The summed E-state index contributed by atoms with van der Waals surface area (Å²) in [6.07, 6.45) is -0.171. The van der Waals surface area contributed by atoms with Gasteiger partial charge in [0.1, 0.15) is 5.60 Å². The van der Waals surface area contributed by atoms with Gasteiger partial charge in [0.15, 0.2) is 0 Å². The van der Waals surface area contributed by atoms with Gasteiger partial charge in [0.25, 0.3) is 0 Å². The molecule has 0 saturated carbocycles. The number of alkyl carbamates (subject to hydrolysis) is 1. The van der Waals surface area contributed by atoms with E-state index in [-0.39, 0.29) is 11.8 Å². The summed E-state index contributed by atoms with van der Waals surface area (Å²) in [5.41, 5.74) is -1.53. The lowest BCUT2D eigenvalue weighted by molar-refractivity contribution is -0.138. The molecule has 5 heteroatoms. The fourth-order valence-electron chi connectivity index (χ4n) is 2.21. The van der Waals surface area contributed by atoms with Gasteiger partial charge in [0.05, 0.1) is 12.0 Å². The molecule has 112 valence electrons. The van der Waals surface area contributed by atoms with Crippen LogP contribution >= 0.6 is 0 Å². The molecule has 1 atom stereocenters. The third-order valence-corrected chi connectivity index (χ3v) is 2.26. The summed E-state index contributed by atoms with van der Waals surface area (Å²) in [6.45, 7) is 13.1. The minimum absolute atomic E-state index is 0.0980. The first-order valence-electron chi connectivity index (χ1n) is 6.45. The first-order chi connectivity index (χ1) is 8.22. The molecule has 0 aromatic carbocycles. The monoisotopic (exact) mass is 273 g/mol. The summed E-state index contributed by atoms with van der Waals surface area (Å²) in [5.74, 6) is -0.942. The number of carbonyl (C=O) groups is 2. The van der Waals surface area contributed by atoms with Gasteiger partial charge in [-0.2, -0.15) is 0 Å². The Bertz CT molecular complexity index is 338. The molecule has 0 radical (unpaired) electrons. The zero-order valence-corrected chi connectivity index (χ0v) is 13.1. The molecular weight excluding hydrogens is 246 g/mol. The smallest absolute Gasteiger partial charge is 0.408 e. The molecule has 0 bridgehead atoms. The number of carbonyl (C=O) groups excluding carboxylic acids is 1. The fraction of sp³-hybridized carbons (Fsp3) is 0.857. The van der Waals surface area contributed by atoms with Gasteiger partial charge in [-0.15, -0.1) is 0 Å². The molecule has 19 heavy (non-hydrogen) atoms. The second-order valence-corrected chi connectivity index (χ2v) is 7.50. The Morgan fingerprint density at radius 2 is 1.53 bits per heavy atom. The Kier molecular flexibility index (Phi) is 5.42. The second kappa shape index (κ2) is 5.80. The molecule has 0 aliphatic rings. The van der Waals surface area contributed by atoms with Crippen molar-refractivity contribution in [2.75, 3.05) is 0 Å². The van der Waals surface area contributed by atoms with Crippen molar-refractivity contribution in [3.8, 4) is 0 Å². The molecular formula is C14H27NO4. The van der Waals surface area contributed by atoms with E-state index < -0.39 is 23.2 Å². The van der Waals surface area contributed by atoms with Crippen LogP contribution in [0.25, 0.3) is 0 Å². The molecule has 1 unspecified atom stereocenters. The van der Waals surface area contributed by atoms with Crippen LogP contribution in [-0.4, -0.2) is 28.3 Å². The van der Waals surface area contributed by atoms with Gasteiger partial charge in [-0.05, 0) is 39.5 Å². The second-order valence-electron chi connectivity index (χ2n) is 7.50. The van der Waals surface area contributed by atoms with Crippen molar-refractivity contribution in [2.45, 2.75) is 72.4 Å². The molecule has 2 N–H and O–H groups in total. The van der Waals surface area contributed by atoms with Crippen LogP contribution in [0.1, 0.15) is 61.3 Å². The lowest BCUT2D eigenvalue weighted by atomic mass is 9.79. The number of aliphatic carboxylic acids is 1. The number of carboxylic acids is 1. The first kappa shape index (κ1) is 17.7. The zero-order valence-electron chi connectivity index (χ0n) is 13.1. The summed E-state index contributed by atoms with van der Waals surface area (Å²) in [5, 5.41) is 11.7. The normalized spacial score (nSPS) is 15.5. The highest BCUT2D eigenvalue weighted by Crippen LogP contribution is 2.29. The number of hydrogen-bond donors (Lipinski definition) is 2. The molecule has 0 aliphatic heterocycles. The van der Waals surface area contributed by atoms with E-state index in [1.165, 1.54) is 0 Å². The molecule has 0 rings (SSSR count). The molecule has 0 heterocycles. The number of rotatable bonds is 4. The van der Waals surface area contributed by atoms with Crippen LogP contribution in [0.5, 0.6) is 0 Å². The van der Waals surface area contributed by atoms with E-state index in [0.717, 1.165) is 0 Å². The maximum atomic E-state index is 11.8. The van der Waals surface area contributed by atoms with Crippen LogP contribution in [-0.2, 0) is 9.53 Å². The largest absolute Gasteiger partial charge is 0.481 e. The van der Waals surface area contributed by atoms with Gasteiger partial charge in [0, 0.05) is 0 Å². The molecule has 1 amide bonds. The molecule has 0 spiro atoms. The molecule has 0 aromatic rings. The Morgan fingerprint density at radius 1 is 1.05 bits per heavy atom. The minimum atomic E-state index is -0.942. The van der Waals surface area contributed by atoms with E-state index in [1.807, 2.05) is 20.8 Å². The highest BCUT2D eigenvalue weighted by molar-refractivity contribution is 5.72. The predicted molar refractivity (Wildman–Crippen MR) is 74.1 cm³/mol. The lowest BCUT2D eigenvalue weighted by Gasteiger charge is -2.36. The van der Waals surface area contributed by atoms with Gasteiger partial charge in [0.2, 0.25) is 0 Å². The van der Waals surface area contributed by atoms with Crippen molar-refractivity contribution in [1.82, 2.24) is 5.32 Å². The number of ether oxygens (including phenoxy) is 1. The van der Waals surface area contributed by atoms with E-state index in [1.54, 1.807) is 27.7 Å². The topological polar surface area (TPSA) is 75.6 Å². The van der Waals surface area contributed by atoms with Crippen molar-refractivity contribution < 1.29 is 19.4 Å². The quantitative estimate of drug-likeness (QED) is 0.824. The summed E-state index contributed by atoms with van der Waals surface area (Å²) in [4.78, 5) is 22.8. The van der Waals surface area contributed by atoms with E-state index >= 15 is 0 Å². The SMILES string of the molecule is CC(C)(C)CC(C)(CC(=O)O)NC(=O)OC(C)(C)C. The highest BCUT2D eigenvalue weighted by atomic mass is 16.6. The molecule has 0 saturated heterocycles. The first-order valence-corrected chi connectivity index (χ1v) is 6.45. The molecule has 0 aliphatic carbocycles. The van der Waals surface area contributed by atoms with Gasteiger partial charge in [-0.25, -0.2) is 4.79 Å². The molecule has 5 nitrogen and oxygen atoms in total. The standard InChI is InChI=1S/C14H27NO4/c1-12(2,3)9-14(7,8-10(16)17)15-11(18)19-13(4,5)6/h8-9H2,1-7H3,(H,15,18)(H,16,17). The van der Waals surface area contributed by atoms with Gasteiger partial charge < -0.3 is 15.2 Å². The van der Waals surface area contributed by atoms with Crippen LogP contribution < -0.4 is 5.32 Å². The summed E-state index contributed by atoms with van der Waals surface area (Å²) in [7, 11) is 0. The summed E-state index contributed by atoms with van der Waals surface area (Å²) < 4.78 is 5.19. The lowest BCUT2D eigenvalue weighted by Crippen LogP contribution is -2.51. The van der Waals surface area contributed by atoms with Crippen molar-refractivity contribution in [3.63, 3.8) is 0 Å². The maximum absolute atomic E-state index is 11.8. The van der Waals surface area contributed by atoms with E-state index in [4.69, 9.17) is 9.84 Å². The maximum Gasteiger partial charge on any atom is 0.408 e. The van der Waals surface area contributed by atoms with E-state index in [0.29, 0.717) is 6.42 Å². The van der Waals surface area contributed by atoms with Crippen molar-refractivity contribution in [1.29, 1.82) is 0 Å². The van der Waals surface area contributed by atoms with Gasteiger partial charge >= 0.3 is 12.1 Å². The van der Waals surface area contributed by atoms with Gasteiger partial charge in [-0.3, -0.25) is 4.79 Å². The van der Waals surface area contributed by atoms with Crippen molar-refractivity contribution in [2.24, 2.45) is 5.41 Å². The number of amides is 1. The van der Waals surface area contributed by atoms with Crippen LogP contribution in [0.15, 0.2) is 0 Å². The third-order valence-electron chi connectivity index (χ3n) is 2.26. The van der Waals surface area contributed by atoms with Gasteiger partial charge in [-0.1, -0.05) is 20.8 Å². The number of nitrogens with one attached hydrogen (secondary N) is 1. The molecule has 0 fully saturated rings. The van der Waals surface area contributed by atoms with Crippen molar-refractivity contribution >= 4 is 12.1 Å². The van der Waals surface area contributed by atoms with E-state index in [2.05, 4.69) is 5.32 Å². The third kappa shape index (κ3) is 9.33. The average Bonchev–Trinajstić information content (AvgIpc) is 1.89. The zero-order chi connectivity index (χ0) is 15.5. The summed E-state index contributed by atoms with van der Waals surface area (Å²) in [6, 6.07) is 0.